The summed E-state index contributed by atoms with van der Waals surface area (Å²) in [5.41, 5.74) is 0.946. The highest BCUT2D eigenvalue weighted by Crippen LogP contribution is 2.23. The molecule has 3 heteroatoms. The zero-order valence-electron chi connectivity index (χ0n) is 11.9. The van der Waals surface area contributed by atoms with Gasteiger partial charge >= 0.3 is 0 Å². The van der Waals surface area contributed by atoms with Crippen LogP contribution in [0.15, 0.2) is 24.3 Å². The maximum absolute atomic E-state index is 10.4. The van der Waals surface area contributed by atoms with Crippen molar-refractivity contribution in [2.45, 2.75) is 57.7 Å². The van der Waals surface area contributed by atoms with Gasteiger partial charge in [-0.1, -0.05) is 25.0 Å². The molecule has 0 spiro atoms. The fourth-order valence-corrected chi connectivity index (χ4v) is 2.77. The Morgan fingerprint density at radius 1 is 1.26 bits per heavy atom. The molecule has 1 aliphatic carbocycles. The predicted molar refractivity (Wildman–Crippen MR) is 77.4 cm³/mol. The molecule has 1 aliphatic rings. The average molecular weight is 263 g/mol. The van der Waals surface area contributed by atoms with E-state index in [1.165, 1.54) is 25.7 Å². The normalized spacial score (nSPS) is 19.3. The molecule has 1 fully saturated rings. The van der Waals surface area contributed by atoms with Gasteiger partial charge < -0.3 is 15.2 Å². The van der Waals surface area contributed by atoms with Crippen LogP contribution in [0.3, 0.4) is 0 Å². The van der Waals surface area contributed by atoms with Crippen LogP contribution >= 0.6 is 0 Å². The topological polar surface area (TPSA) is 41.5 Å². The van der Waals surface area contributed by atoms with E-state index in [9.17, 15) is 5.11 Å². The van der Waals surface area contributed by atoms with Crippen molar-refractivity contribution in [3.05, 3.63) is 29.8 Å². The van der Waals surface area contributed by atoms with Gasteiger partial charge in [0, 0.05) is 12.1 Å². The summed E-state index contributed by atoms with van der Waals surface area (Å²) in [6.07, 6.45) is 4.63. The van der Waals surface area contributed by atoms with Crippen molar-refractivity contribution in [3.63, 3.8) is 0 Å². The molecule has 0 heterocycles. The lowest BCUT2D eigenvalue weighted by Crippen LogP contribution is -2.38. The molecule has 3 nitrogen and oxygen atoms in total. The van der Waals surface area contributed by atoms with Gasteiger partial charge in [-0.15, -0.1) is 0 Å². The second-order valence-electron chi connectivity index (χ2n) is 5.38. The van der Waals surface area contributed by atoms with Gasteiger partial charge in [-0.05, 0) is 44.4 Å². The number of benzene rings is 1. The average Bonchev–Trinajstić information content (AvgIpc) is 2.92. The summed E-state index contributed by atoms with van der Waals surface area (Å²) in [5.74, 6) is 0.856. The van der Waals surface area contributed by atoms with Gasteiger partial charge in [-0.25, -0.2) is 0 Å². The minimum absolute atomic E-state index is 0.0843. The van der Waals surface area contributed by atoms with Crippen LogP contribution in [0.1, 0.15) is 51.2 Å². The lowest BCUT2D eigenvalue weighted by Gasteiger charge is -2.24. The van der Waals surface area contributed by atoms with Crippen molar-refractivity contribution < 1.29 is 9.84 Å². The van der Waals surface area contributed by atoms with Crippen LogP contribution in [0.4, 0.5) is 0 Å². The molecule has 2 atom stereocenters. The predicted octanol–water partition coefficient (Wildman–Crippen LogP) is 3.04. The van der Waals surface area contributed by atoms with E-state index in [1.807, 2.05) is 31.2 Å². The summed E-state index contributed by atoms with van der Waals surface area (Å²) in [6.45, 7) is 4.69. The standard InChI is InChI=1S/C16H25NO2/c1-3-19-15-10-8-13(9-11-15)16(18)12(2)17-14-6-4-5-7-14/h8-12,14,16-18H,3-7H2,1-2H3. The third kappa shape index (κ3) is 3.95. The van der Waals surface area contributed by atoms with Gasteiger partial charge in [0.1, 0.15) is 5.75 Å². The lowest BCUT2D eigenvalue weighted by atomic mass is 10.0. The van der Waals surface area contributed by atoms with Gasteiger partial charge in [-0.3, -0.25) is 0 Å². The van der Waals surface area contributed by atoms with E-state index in [0.29, 0.717) is 12.6 Å². The molecule has 0 saturated heterocycles. The van der Waals surface area contributed by atoms with Crippen LogP contribution in [-0.4, -0.2) is 23.8 Å². The van der Waals surface area contributed by atoms with Crippen molar-refractivity contribution in [2.75, 3.05) is 6.61 Å². The van der Waals surface area contributed by atoms with E-state index < -0.39 is 6.10 Å². The molecule has 19 heavy (non-hydrogen) atoms. The largest absolute Gasteiger partial charge is 0.494 e. The molecular formula is C16H25NO2. The minimum atomic E-state index is -0.462. The van der Waals surface area contributed by atoms with Gasteiger partial charge in [0.2, 0.25) is 0 Å². The molecule has 2 N–H and O–H groups in total. The molecule has 2 unspecified atom stereocenters. The second kappa shape index (κ2) is 6.92. The Kier molecular flexibility index (Phi) is 5.23. The quantitative estimate of drug-likeness (QED) is 0.829. The molecule has 1 aromatic carbocycles. The summed E-state index contributed by atoms with van der Waals surface area (Å²) in [7, 11) is 0. The van der Waals surface area contributed by atoms with E-state index in [-0.39, 0.29) is 6.04 Å². The summed E-state index contributed by atoms with van der Waals surface area (Å²) < 4.78 is 5.41. The van der Waals surface area contributed by atoms with E-state index in [4.69, 9.17) is 4.74 Å². The van der Waals surface area contributed by atoms with Crippen molar-refractivity contribution >= 4 is 0 Å². The van der Waals surface area contributed by atoms with E-state index in [2.05, 4.69) is 12.2 Å². The molecule has 2 rings (SSSR count). The zero-order chi connectivity index (χ0) is 13.7. The molecule has 1 aromatic rings. The van der Waals surface area contributed by atoms with Crippen molar-refractivity contribution in [3.8, 4) is 5.75 Å². The van der Waals surface area contributed by atoms with Crippen molar-refractivity contribution in [1.82, 2.24) is 5.32 Å². The first-order valence-electron chi connectivity index (χ1n) is 7.37. The summed E-state index contributed by atoms with van der Waals surface area (Å²) in [4.78, 5) is 0. The van der Waals surface area contributed by atoms with E-state index >= 15 is 0 Å². The SMILES string of the molecule is CCOc1ccc(C(O)C(C)NC2CCCC2)cc1. The lowest BCUT2D eigenvalue weighted by molar-refractivity contribution is 0.129. The Hall–Kier alpha value is -1.06. The molecule has 0 aliphatic heterocycles. The van der Waals surface area contributed by atoms with Crippen molar-refractivity contribution in [1.29, 1.82) is 0 Å². The highest BCUT2D eigenvalue weighted by molar-refractivity contribution is 5.29. The van der Waals surface area contributed by atoms with Gasteiger partial charge in [0.25, 0.3) is 0 Å². The zero-order valence-corrected chi connectivity index (χ0v) is 11.9. The molecular weight excluding hydrogens is 238 g/mol. The molecule has 0 bridgehead atoms. The number of aliphatic hydroxyl groups excluding tert-OH is 1. The first-order chi connectivity index (χ1) is 9.20. The Labute approximate surface area is 116 Å². The molecule has 0 amide bonds. The molecule has 0 radical (unpaired) electrons. The van der Waals surface area contributed by atoms with Crippen LogP contribution in [0.25, 0.3) is 0 Å². The third-order valence-electron chi connectivity index (χ3n) is 3.86. The smallest absolute Gasteiger partial charge is 0.119 e. The van der Waals surface area contributed by atoms with Crippen molar-refractivity contribution in [2.24, 2.45) is 0 Å². The van der Waals surface area contributed by atoms with E-state index in [0.717, 1.165) is 11.3 Å². The van der Waals surface area contributed by atoms with E-state index in [1.54, 1.807) is 0 Å². The van der Waals surface area contributed by atoms with Crippen LogP contribution in [0.2, 0.25) is 0 Å². The first-order valence-corrected chi connectivity index (χ1v) is 7.37. The Balaban J connectivity index is 1.91. The maximum Gasteiger partial charge on any atom is 0.119 e. The Bertz CT molecular complexity index is 371. The van der Waals surface area contributed by atoms with Crippen LogP contribution in [0, 0.1) is 0 Å². The summed E-state index contributed by atoms with van der Waals surface area (Å²) in [5, 5.41) is 13.9. The number of rotatable bonds is 6. The van der Waals surface area contributed by atoms with Crippen LogP contribution in [0.5, 0.6) is 5.75 Å². The maximum atomic E-state index is 10.4. The highest BCUT2D eigenvalue weighted by atomic mass is 16.5. The Morgan fingerprint density at radius 2 is 1.89 bits per heavy atom. The van der Waals surface area contributed by atoms with Gasteiger partial charge in [0.05, 0.1) is 12.7 Å². The fourth-order valence-electron chi connectivity index (χ4n) is 2.77. The monoisotopic (exact) mass is 263 g/mol. The van der Waals surface area contributed by atoms with Gasteiger partial charge in [-0.2, -0.15) is 0 Å². The summed E-state index contributed by atoms with van der Waals surface area (Å²) >= 11 is 0. The number of nitrogens with one attached hydrogen (secondary N) is 1. The summed E-state index contributed by atoms with van der Waals surface area (Å²) in [6, 6.07) is 8.40. The van der Waals surface area contributed by atoms with Gasteiger partial charge in [0.15, 0.2) is 0 Å². The fraction of sp³-hybridized carbons (Fsp3) is 0.625. The molecule has 106 valence electrons. The first kappa shape index (κ1) is 14.4. The third-order valence-corrected chi connectivity index (χ3v) is 3.86. The highest BCUT2D eigenvalue weighted by Gasteiger charge is 2.22. The Morgan fingerprint density at radius 3 is 2.47 bits per heavy atom. The minimum Gasteiger partial charge on any atom is -0.494 e. The molecule has 1 saturated carbocycles. The number of aliphatic hydroxyl groups is 1. The second-order valence-corrected chi connectivity index (χ2v) is 5.38. The number of hydrogen-bond acceptors (Lipinski definition) is 3. The molecule has 0 aromatic heterocycles. The van der Waals surface area contributed by atoms with Crippen LogP contribution in [-0.2, 0) is 0 Å². The van der Waals surface area contributed by atoms with Crippen LogP contribution < -0.4 is 10.1 Å². The number of ether oxygens (including phenoxy) is 1. The number of hydrogen-bond donors (Lipinski definition) is 2.